The molecule has 0 radical (unpaired) electrons. The first-order valence-electron chi connectivity index (χ1n) is 5.88. The summed E-state index contributed by atoms with van der Waals surface area (Å²) < 4.78 is 0.886. The van der Waals surface area contributed by atoms with Crippen molar-refractivity contribution in [1.29, 1.82) is 0 Å². The molecule has 2 aromatic rings. The molecule has 0 aliphatic carbocycles. The van der Waals surface area contributed by atoms with Gasteiger partial charge in [0.2, 0.25) is 5.91 Å². The third kappa shape index (κ3) is 4.11. The molecule has 2 nitrogen and oxygen atoms in total. The molecule has 0 saturated carbocycles. The molecule has 19 heavy (non-hydrogen) atoms. The molecule has 0 aliphatic rings. The van der Waals surface area contributed by atoms with Crippen molar-refractivity contribution in [2.75, 3.05) is 5.32 Å². The zero-order valence-electron chi connectivity index (χ0n) is 10.5. The molecule has 0 unspecified atom stereocenters. The van der Waals surface area contributed by atoms with Gasteiger partial charge in [0.1, 0.15) is 0 Å². The van der Waals surface area contributed by atoms with Crippen molar-refractivity contribution in [2.24, 2.45) is 0 Å². The lowest BCUT2D eigenvalue weighted by Gasteiger charge is -2.08. The maximum Gasteiger partial charge on any atom is 0.228 e. The zero-order chi connectivity index (χ0) is 13.8. The maximum absolute atomic E-state index is 12.0. The highest BCUT2D eigenvalue weighted by molar-refractivity contribution is 9.10. The van der Waals surface area contributed by atoms with Gasteiger partial charge in [-0.2, -0.15) is 0 Å². The SMILES string of the molecule is Cc1ccc(Br)c(NC(=O)Cc2ccc(S)cc2)c1. The van der Waals surface area contributed by atoms with Crippen LogP contribution in [-0.2, 0) is 11.2 Å². The summed E-state index contributed by atoms with van der Waals surface area (Å²) in [5.41, 5.74) is 2.88. The molecule has 2 rings (SSSR count). The van der Waals surface area contributed by atoms with Crippen molar-refractivity contribution < 1.29 is 4.79 Å². The fourth-order valence-electron chi connectivity index (χ4n) is 1.73. The predicted molar refractivity (Wildman–Crippen MR) is 84.9 cm³/mol. The van der Waals surface area contributed by atoms with Gasteiger partial charge in [-0.25, -0.2) is 0 Å². The number of rotatable bonds is 3. The van der Waals surface area contributed by atoms with Gasteiger partial charge in [-0.15, -0.1) is 12.6 Å². The first kappa shape index (κ1) is 14.2. The molecule has 0 saturated heterocycles. The highest BCUT2D eigenvalue weighted by Crippen LogP contribution is 2.23. The van der Waals surface area contributed by atoms with Crippen LogP contribution in [-0.4, -0.2) is 5.91 Å². The average molecular weight is 336 g/mol. The Labute approximate surface area is 126 Å². The lowest BCUT2D eigenvalue weighted by atomic mass is 10.1. The largest absolute Gasteiger partial charge is 0.325 e. The minimum Gasteiger partial charge on any atom is -0.325 e. The average Bonchev–Trinajstić information content (AvgIpc) is 2.37. The van der Waals surface area contributed by atoms with Crippen LogP contribution in [0.1, 0.15) is 11.1 Å². The quantitative estimate of drug-likeness (QED) is 0.807. The van der Waals surface area contributed by atoms with E-state index in [1.54, 1.807) is 0 Å². The fraction of sp³-hybridized carbons (Fsp3) is 0.133. The predicted octanol–water partition coefficient (Wildman–Crippen LogP) is 4.23. The van der Waals surface area contributed by atoms with E-state index < -0.39 is 0 Å². The number of amides is 1. The second kappa shape index (κ2) is 6.26. The van der Waals surface area contributed by atoms with Crippen LogP contribution < -0.4 is 5.32 Å². The third-order valence-corrected chi connectivity index (χ3v) is 3.69. The molecule has 0 atom stereocenters. The Morgan fingerprint density at radius 3 is 2.58 bits per heavy atom. The number of benzene rings is 2. The molecule has 0 heterocycles. The summed E-state index contributed by atoms with van der Waals surface area (Å²) in [4.78, 5) is 12.9. The molecule has 98 valence electrons. The standard InChI is InChI=1S/C15H14BrNOS/c1-10-2-7-13(16)14(8-10)17-15(18)9-11-3-5-12(19)6-4-11/h2-8,19H,9H2,1H3,(H,17,18). The van der Waals surface area contributed by atoms with Crippen molar-refractivity contribution in [2.45, 2.75) is 18.2 Å². The second-order valence-electron chi connectivity index (χ2n) is 4.37. The van der Waals surface area contributed by atoms with Crippen LogP contribution >= 0.6 is 28.6 Å². The monoisotopic (exact) mass is 335 g/mol. The van der Waals surface area contributed by atoms with Gasteiger partial charge in [0.25, 0.3) is 0 Å². The summed E-state index contributed by atoms with van der Waals surface area (Å²) in [5.74, 6) is -0.0294. The van der Waals surface area contributed by atoms with Gasteiger partial charge in [-0.1, -0.05) is 18.2 Å². The smallest absolute Gasteiger partial charge is 0.228 e. The number of carbonyl (C=O) groups excluding carboxylic acids is 1. The Kier molecular flexibility index (Phi) is 4.66. The van der Waals surface area contributed by atoms with E-state index in [-0.39, 0.29) is 5.91 Å². The maximum atomic E-state index is 12.0. The van der Waals surface area contributed by atoms with E-state index in [0.717, 1.165) is 26.2 Å². The van der Waals surface area contributed by atoms with E-state index in [9.17, 15) is 4.79 Å². The van der Waals surface area contributed by atoms with Gasteiger partial charge < -0.3 is 5.32 Å². The molecule has 0 aliphatic heterocycles. The zero-order valence-corrected chi connectivity index (χ0v) is 13.0. The number of halogens is 1. The molecule has 4 heteroatoms. The minimum absolute atomic E-state index is 0.0294. The van der Waals surface area contributed by atoms with Gasteiger partial charge in [0.15, 0.2) is 0 Å². The molecule has 0 spiro atoms. The van der Waals surface area contributed by atoms with E-state index in [0.29, 0.717) is 6.42 Å². The number of anilines is 1. The Morgan fingerprint density at radius 2 is 1.89 bits per heavy atom. The lowest BCUT2D eigenvalue weighted by molar-refractivity contribution is -0.115. The first-order valence-corrected chi connectivity index (χ1v) is 7.12. The normalized spacial score (nSPS) is 10.3. The highest BCUT2D eigenvalue weighted by atomic mass is 79.9. The molecule has 2 aromatic carbocycles. The van der Waals surface area contributed by atoms with Gasteiger partial charge in [0.05, 0.1) is 12.1 Å². The summed E-state index contributed by atoms with van der Waals surface area (Å²) in [5, 5.41) is 2.91. The molecule has 1 N–H and O–H groups in total. The fourth-order valence-corrected chi connectivity index (χ4v) is 2.22. The summed E-state index contributed by atoms with van der Waals surface area (Å²) in [6.07, 6.45) is 0.356. The first-order chi connectivity index (χ1) is 9.04. The van der Waals surface area contributed by atoms with E-state index in [1.165, 1.54) is 0 Å². The molecule has 1 amide bonds. The Hall–Kier alpha value is -1.26. The van der Waals surface area contributed by atoms with Crippen LogP contribution in [0.4, 0.5) is 5.69 Å². The number of nitrogens with one attached hydrogen (secondary N) is 1. The van der Waals surface area contributed by atoms with Crippen molar-refractivity contribution >= 4 is 40.2 Å². The highest BCUT2D eigenvalue weighted by Gasteiger charge is 2.07. The van der Waals surface area contributed by atoms with Crippen LogP contribution in [0.5, 0.6) is 0 Å². The molecule has 0 bridgehead atoms. The van der Waals surface area contributed by atoms with E-state index in [2.05, 4.69) is 33.9 Å². The van der Waals surface area contributed by atoms with Gasteiger partial charge >= 0.3 is 0 Å². The van der Waals surface area contributed by atoms with Crippen LogP contribution in [0.3, 0.4) is 0 Å². The van der Waals surface area contributed by atoms with E-state index >= 15 is 0 Å². The van der Waals surface area contributed by atoms with Crippen molar-refractivity contribution in [3.05, 3.63) is 58.1 Å². The Balaban J connectivity index is 2.05. The number of hydrogen-bond donors (Lipinski definition) is 2. The van der Waals surface area contributed by atoms with Gasteiger partial charge in [-0.3, -0.25) is 4.79 Å². The topological polar surface area (TPSA) is 29.1 Å². The Bertz CT molecular complexity index is 596. The summed E-state index contributed by atoms with van der Waals surface area (Å²) in [6, 6.07) is 13.5. The molecule has 0 aromatic heterocycles. The van der Waals surface area contributed by atoms with Crippen LogP contribution in [0.25, 0.3) is 0 Å². The number of carbonyl (C=O) groups is 1. The van der Waals surface area contributed by atoms with E-state index in [4.69, 9.17) is 0 Å². The number of thiol groups is 1. The van der Waals surface area contributed by atoms with Crippen molar-refractivity contribution in [3.8, 4) is 0 Å². The summed E-state index contributed by atoms with van der Waals surface area (Å²) >= 11 is 7.65. The van der Waals surface area contributed by atoms with Crippen molar-refractivity contribution in [1.82, 2.24) is 0 Å². The van der Waals surface area contributed by atoms with Crippen LogP contribution in [0.2, 0.25) is 0 Å². The van der Waals surface area contributed by atoms with E-state index in [1.807, 2.05) is 49.4 Å². The second-order valence-corrected chi connectivity index (χ2v) is 5.75. The minimum atomic E-state index is -0.0294. The Morgan fingerprint density at radius 1 is 1.21 bits per heavy atom. The number of hydrogen-bond acceptors (Lipinski definition) is 2. The van der Waals surface area contributed by atoms with Gasteiger partial charge in [-0.05, 0) is 58.2 Å². The lowest BCUT2D eigenvalue weighted by Crippen LogP contribution is -2.14. The number of aryl methyl sites for hydroxylation is 1. The molecular formula is C15H14BrNOS. The van der Waals surface area contributed by atoms with Crippen LogP contribution in [0.15, 0.2) is 51.8 Å². The molecule has 0 fully saturated rings. The van der Waals surface area contributed by atoms with Crippen molar-refractivity contribution in [3.63, 3.8) is 0 Å². The van der Waals surface area contributed by atoms with Gasteiger partial charge in [0, 0.05) is 9.37 Å². The molecular weight excluding hydrogens is 322 g/mol. The van der Waals surface area contributed by atoms with Crippen LogP contribution in [0, 0.1) is 6.92 Å². The summed E-state index contributed by atoms with van der Waals surface area (Å²) in [6.45, 7) is 1.99. The summed E-state index contributed by atoms with van der Waals surface area (Å²) in [7, 11) is 0. The third-order valence-electron chi connectivity index (χ3n) is 2.70.